The van der Waals surface area contributed by atoms with Crippen molar-refractivity contribution in [2.45, 2.75) is 18.1 Å². The maximum atomic E-state index is 13.3. The Kier molecular flexibility index (Phi) is 5.13. The molecule has 2 saturated heterocycles. The molecule has 2 amide bonds. The number of rotatable bonds is 7. The number of benzene rings is 2. The van der Waals surface area contributed by atoms with Crippen LogP contribution in [0.2, 0.25) is 0 Å². The van der Waals surface area contributed by atoms with Crippen molar-refractivity contribution >= 4 is 17.5 Å². The van der Waals surface area contributed by atoms with Crippen LogP contribution in [-0.2, 0) is 20.7 Å². The van der Waals surface area contributed by atoms with E-state index in [2.05, 4.69) is 17.4 Å². The number of fused-ring (bicyclic) bond motifs is 1. The molecule has 32 heavy (non-hydrogen) atoms. The molecule has 2 aromatic carbocycles. The van der Waals surface area contributed by atoms with Gasteiger partial charge in [-0.05, 0) is 24.1 Å². The van der Waals surface area contributed by atoms with Gasteiger partial charge in [0, 0.05) is 18.3 Å². The summed E-state index contributed by atoms with van der Waals surface area (Å²) >= 11 is 0. The number of ether oxygens (including phenoxy) is 3. The minimum Gasteiger partial charge on any atom is -0.493 e. The monoisotopic (exact) mass is 434 g/mol. The maximum absolute atomic E-state index is 13.3. The van der Waals surface area contributed by atoms with E-state index in [0.29, 0.717) is 30.3 Å². The largest absolute Gasteiger partial charge is 0.493 e. The molecule has 3 aliphatic rings. The molecule has 0 aliphatic carbocycles. The van der Waals surface area contributed by atoms with Crippen molar-refractivity contribution in [2.75, 3.05) is 32.6 Å². The fourth-order valence-electron chi connectivity index (χ4n) is 5.12. The maximum Gasteiger partial charge on any atom is 0.231 e. The zero-order valence-corrected chi connectivity index (χ0v) is 18.1. The average Bonchev–Trinajstić information content (AvgIpc) is 3.46. The molecule has 2 bridgehead atoms. The van der Waals surface area contributed by atoms with Crippen LogP contribution in [0.15, 0.2) is 60.7 Å². The van der Waals surface area contributed by atoms with Gasteiger partial charge in [0.15, 0.2) is 11.5 Å². The van der Waals surface area contributed by atoms with Gasteiger partial charge < -0.3 is 24.4 Å². The van der Waals surface area contributed by atoms with Gasteiger partial charge in [-0.25, -0.2) is 0 Å². The molecule has 5 rings (SSSR count). The Bertz CT molecular complexity index is 1070. The van der Waals surface area contributed by atoms with Crippen LogP contribution in [0, 0.1) is 11.8 Å². The lowest BCUT2D eigenvalue weighted by Gasteiger charge is -2.23. The number of likely N-dealkylation sites (tertiary alicyclic amines) is 1. The molecule has 3 heterocycles. The van der Waals surface area contributed by atoms with Crippen LogP contribution >= 0.6 is 0 Å². The van der Waals surface area contributed by atoms with Crippen LogP contribution in [0.5, 0.6) is 11.5 Å². The van der Waals surface area contributed by atoms with E-state index in [9.17, 15) is 9.59 Å². The molecule has 166 valence electrons. The van der Waals surface area contributed by atoms with E-state index in [1.165, 1.54) is 5.56 Å². The van der Waals surface area contributed by atoms with Gasteiger partial charge in [-0.2, -0.15) is 0 Å². The van der Waals surface area contributed by atoms with Gasteiger partial charge in [0.25, 0.3) is 0 Å². The number of hydrogen-bond donors (Lipinski definition) is 1. The number of anilines is 1. The van der Waals surface area contributed by atoms with E-state index < -0.39 is 17.4 Å². The van der Waals surface area contributed by atoms with Gasteiger partial charge >= 0.3 is 0 Å². The minimum atomic E-state index is -0.710. The number of nitrogens with zero attached hydrogens (tertiary/aromatic N) is 1. The zero-order chi connectivity index (χ0) is 22.3. The Hall–Kier alpha value is -3.32. The summed E-state index contributed by atoms with van der Waals surface area (Å²) < 4.78 is 16.8. The van der Waals surface area contributed by atoms with E-state index >= 15 is 0 Å². The van der Waals surface area contributed by atoms with E-state index in [1.807, 2.05) is 35.3 Å². The van der Waals surface area contributed by atoms with Crippen molar-refractivity contribution < 1.29 is 23.8 Å². The molecule has 0 aromatic heterocycles. The predicted molar refractivity (Wildman–Crippen MR) is 119 cm³/mol. The first-order chi connectivity index (χ1) is 15.5. The van der Waals surface area contributed by atoms with Crippen molar-refractivity contribution in [3.63, 3.8) is 0 Å². The lowest BCUT2D eigenvalue weighted by atomic mass is 9.77. The predicted octanol–water partition coefficient (Wildman–Crippen LogP) is 2.67. The molecule has 0 radical (unpaired) electrons. The number of amides is 2. The van der Waals surface area contributed by atoms with Crippen LogP contribution in [0.4, 0.5) is 5.69 Å². The molecule has 1 N–H and O–H groups in total. The number of carbonyl (C=O) groups is 2. The smallest absolute Gasteiger partial charge is 0.231 e. The minimum absolute atomic E-state index is 0.0137. The van der Waals surface area contributed by atoms with Crippen LogP contribution in [0.1, 0.15) is 5.56 Å². The second-order valence-electron chi connectivity index (χ2n) is 8.45. The third-order valence-electron chi connectivity index (χ3n) is 6.65. The number of methoxy groups -OCH3 is 2. The van der Waals surface area contributed by atoms with Crippen LogP contribution in [0.25, 0.3) is 0 Å². The summed E-state index contributed by atoms with van der Waals surface area (Å²) in [6.45, 7) is 1.09. The van der Waals surface area contributed by atoms with Gasteiger partial charge in [-0.1, -0.05) is 42.5 Å². The normalized spacial score (nSPS) is 27.5. The SMILES string of the molecule is COc1ccc(NC(=O)[C@H]2[C@H]3C=C[C@@]4(CN(CCc5ccccc5)C(=O)[C@@H]24)O3)cc1OC. The Morgan fingerprint density at radius 3 is 2.69 bits per heavy atom. The number of hydrogen-bond acceptors (Lipinski definition) is 5. The quantitative estimate of drug-likeness (QED) is 0.678. The molecule has 2 aromatic rings. The van der Waals surface area contributed by atoms with E-state index in [4.69, 9.17) is 14.2 Å². The topological polar surface area (TPSA) is 77.1 Å². The summed E-state index contributed by atoms with van der Waals surface area (Å²) in [6.07, 6.45) is 4.28. The second-order valence-corrected chi connectivity index (χ2v) is 8.45. The highest BCUT2D eigenvalue weighted by atomic mass is 16.5. The van der Waals surface area contributed by atoms with Gasteiger partial charge in [0.1, 0.15) is 5.60 Å². The molecule has 7 nitrogen and oxygen atoms in total. The highest BCUT2D eigenvalue weighted by Crippen LogP contribution is 2.52. The molecule has 3 aliphatic heterocycles. The molecule has 2 fully saturated rings. The van der Waals surface area contributed by atoms with Crippen LogP contribution in [0.3, 0.4) is 0 Å². The van der Waals surface area contributed by atoms with Gasteiger partial charge in [-0.15, -0.1) is 0 Å². The van der Waals surface area contributed by atoms with E-state index in [1.54, 1.807) is 32.4 Å². The third-order valence-corrected chi connectivity index (χ3v) is 6.65. The number of nitrogens with one attached hydrogen (secondary N) is 1. The molecule has 7 heteroatoms. The average molecular weight is 434 g/mol. The Morgan fingerprint density at radius 2 is 1.94 bits per heavy atom. The van der Waals surface area contributed by atoms with Crippen molar-refractivity contribution in [1.82, 2.24) is 4.90 Å². The molecule has 1 spiro atoms. The highest BCUT2D eigenvalue weighted by molar-refractivity contribution is 5.99. The Balaban J connectivity index is 1.32. The zero-order valence-electron chi connectivity index (χ0n) is 18.1. The summed E-state index contributed by atoms with van der Waals surface area (Å²) in [5.41, 5.74) is 1.05. The fraction of sp³-hybridized carbons (Fsp3) is 0.360. The molecular formula is C25H26N2O5. The summed E-state index contributed by atoms with van der Waals surface area (Å²) in [6, 6.07) is 15.3. The van der Waals surface area contributed by atoms with Gasteiger partial charge in [0.05, 0.1) is 38.7 Å². The third kappa shape index (κ3) is 3.33. The molecular weight excluding hydrogens is 408 g/mol. The summed E-state index contributed by atoms with van der Waals surface area (Å²) in [5.74, 6) is -0.210. The molecule has 4 atom stereocenters. The second kappa shape index (κ2) is 7.98. The van der Waals surface area contributed by atoms with Crippen LogP contribution < -0.4 is 14.8 Å². The summed E-state index contributed by atoms with van der Waals surface area (Å²) in [7, 11) is 3.10. The first-order valence-electron chi connectivity index (χ1n) is 10.8. The lowest BCUT2D eigenvalue weighted by molar-refractivity contribution is -0.135. The van der Waals surface area contributed by atoms with Crippen molar-refractivity contribution in [1.29, 1.82) is 0 Å². The van der Waals surface area contributed by atoms with E-state index in [-0.39, 0.29) is 17.9 Å². The first kappa shape index (κ1) is 20.6. The van der Waals surface area contributed by atoms with Crippen LogP contribution in [-0.4, -0.2) is 55.7 Å². The van der Waals surface area contributed by atoms with Crippen molar-refractivity contribution in [3.05, 3.63) is 66.2 Å². The van der Waals surface area contributed by atoms with E-state index in [0.717, 1.165) is 6.42 Å². The molecule has 0 saturated carbocycles. The van der Waals surface area contributed by atoms with Gasteiger partial charge in [0.2, 0.25) is 11.8 Å². The van der Waals surface area contributed by atoms with Gasteiger partial charge in [-0.3, -0.25) is 9.59 Å². The lowest BCUT2D eigenvalue weighted by Crippen LogP contribution is -2.41. The fourth-order valence-corrected chi connectivity index (χ4v) is 5.12. The first-order valence-corrected chi connectivity index (χ1v) is 10.8. The molecule has 0 unspecified atom stereocenters. The Morgan fingerprint density at radius 1 is 1.16 bits per heavy atom. The van der Waals surface area contributed by atoms with Crippen molar-refractivity contribution in [3.8, 4) is 11.5 Å². The summed E-state index contributed by atoms with van der Waals surface area (Å²) in [4.78, 5) is 28.4. The van der Waals surface area contributed by atoms with Crippen molar-refractivity contribution in [2.24, 2.45) is 11.8 Å². The highest BCUT2D eigenvalue weighted by Gasteiger charge is 2.66. The standard InChI is InChI=1S/C25H26N2O5/c1-30-18-9-8-17(14-20(18)31-2)26-23(28)21-19-10-12-25(32-19)15-27(24(29)22(21)25)13-11-16-6-4-3-5-7-16/h3-10,12,14,19,21-22H,11,13,15H2,1-2H3,(H,26,28)/t19-,21+,22-,25+/m1/s1. The number of carbonyl (C=O) groups excluding carboxylic acids is 2. The summed E-state index contributed by atoms with van der Waals surface area (Å²) in [5, 5.41) is 2.94. The Labute approximate surface area is 186 Å².